The molecule has 2 aromatic carbocycles. The number of imidazole rings is 1. The molecule has 2 heterocycles. The molecule has 3 N–H and O–H groups in total. The van der Waals surface area contributed by atoms with Crippen LogP contribution in [0.4, 0.5) is 30.4 Å². The number of hydrogen-bond donors (Lipinski definition) is 3. The van der Waals surface area contributed by atoms with Crippen LogP contribution in [0.15, 0.2) is 48.7 Å². The van der Waals surface area contributed by atoms with Gasteiger partial charge in [0.25, 0.3) is 5.91 Å². The summed E-state index contributed by atoms with van der Waals surface area (Å²) in [5, 5.41) is 14.3. The van der Waals surface area contributed by atoms with E-state index in [1.165, 1.54) is 0 Å². The number of halogens is 4. The van der Waals surface area contributed by atoms with Gasteiger partial charge in [0.1, 0.15) is 0 Å². The minimum atomic E-state index is -4.29. The van der Waals surface area contributed by atoms with Crippen molar-refractivity contribution < 1.29 is 18.0 Å². The third-order valence-electron chi connectivity index (χ3n) is 6.33. The van der Waals surface area contributed by atoms with Crippen LogP contribution in [0.25, 0.3) is 16.9 Å². The Kier molecular flexibility index (Phi) is 6.92. The smallest absolute Gasteiger partial charge is 0.382 e. The molecule has 0 radical (unpaired) electrons. The maximum Gasteiger partial charge on any atom is 0.390 e. The van der Waals surface area contributed by atoms with Gasteiger partial charge in [0.15, 0.2) is 11.5 Å². The zero-order valence-electron chi connectivity index (χ0n) is 20.8. The Morgan fingerprint density at radius 1 is 1.08 bits per heavy atom. The van der Waals surface area contributed by atoms with E-state index in [4.69, 9.17) is 11.6 Å². The molecule has 2 aromatic heterocycles. The molecule has 0 saturated heterocycles. The van der Waals surface area contributed by atoms with Gasteiger partial charge in [-0.25, -0.2) is 9.50 Å². The number of hydrogen-bond acceptors (Lipinski definition) is 5. The Labute approximate surface area is 222 Å². The quantitative estimate of drug-likeness (QED) is 0.232. The first-order chi connectivity index (χ1) is 18.1. The number of benzene rings is 2. The first kappa shape index (κ1) is 25.8. The average Bonchev–Trinajstić information content (AvgIpc) is 3.55. The number of nitrogens with zero attached hydrogens (tertiary/aromatic N) is 3. The number of fused-ring (bicyclic) bond motifs is 1. The number of alkyl halides is 3. The van der Waals surface area contributed by atoms with Gasteiger partial charge in [-0.3, -0.25) is 4.79 Å². The predicted molar refractivity (Wildman–Crippen MR) is 142 cm³/mol. The number of rotatable bonds is 8. The highest BCUT2D eigenvalue weighted by atomic mass is 35.5. The fourth-order valence-electron chi connectivity index (χ4n) is 4.13. The summed E-state index contributed by atoms with van der Waals surface area (Å²) in [6.45, 7) is 3.46. The topological polar surface area (TPSA) is 83.3 Å². The lowest BCUT2D eigenvalue weighted by molar-refractivity contribution is -0.131. The van der Waals surface area contributed by atoms with Gasteiger partial charge in [0, 0.05) is 40.5 Å². The summed E-state index contributed by atoms with van der Waals surface area (Å²) in [7, 11) is 0. The van der Waals surface area contributed by atoms with Gasteiger partial charge in [-0.05, 0) is 62.1 Å². The summed E-state index contributed by atoms with van der Waals surface area (Å²) in [4.78, 5) is 17.0. The van der Waals surface area contributed by atoms with E-state index in [2.05, 4.69) is 26.0 Å². The Morgan fingerprint density at radius 2 is 1.87 bits per heavy atom. The molecule has 1 aliphatic carbocycles. The second-order valence-electron chi connectivity index (χ2n) is 9.48. The van der Waals surface area contributed by atoms with Crippen molar-refractivity contribution in [2.75, 3.05) is 17.2 Å². The molecule has 7 nitrogen and oxygen atoms in total. The molecule has 0 bridgehead atoms. The fraction of sp³-hybridized carbons (Fsp3) is 0.296. The summed E-state index contributed by atoms with van der Waals surface area (Å²) in [6.07, 6.45) is -1.66. The van der Waals surface area contributed by atoms with Crippen LogP contribution in [0, 0.1) is 13.8 Å². The molecule has 11 heteroatoms. The third kappa shape index (κ3) is 5.85. The zero-order valence-corrected chi connectivity index (χ0v) is 21.5. The molecule has 1 aliphatic rings. The summed E-state index contributed by atoms with van der Waals surface area (Å²) in [5.41, 5.74) is 5.20. The van der Waals surface area contributed by atoms with Crippen LogP contribution in [0.5, 0.6) is 0 Å². The molecule has 0 unspecified atom stereocenters. The Bertz CT molecular complexity index is 1510. The number of aryl methyl sites for hydroxylation is 2. The summed E-state index contributed by atoms with van der Waals surface area (Å²) < 4.78 is 40.0. The Hall–Kier alpha value is -3.79. The molecule has 0 spiro atoms. The van der Waals surface area contributed by atoms with Crippen molar-refractivity contribution in [1.29, 1.82) is 0 Å². The van der Waals surface area contributed by atoms with Gasteiger partial charge in [-0.2, -0.15) is 13.2 Å². The molecular weight excluding hydrogens is 517 g/mol. The highest BCUT2D eigenvalue weighted by Crippen LogP contribution is 2.30. The van der Waals surface area contributed by atoms with E-state index in [0.717, 1.165) is 29.5 Å². The van der Waals surface area contributed by atoms with Crippen molar-refractivity contribution in [3.05, 3.63) is 70.4 Å². The second-order valence-corrected chi connectivity index (χ2v) is 9.91. The molecule has 0 aliphatic heterocycles. The van der Waals surface area contributed by atoms with Crippen LogP contribution >= 0.6 is 11.6 Å². The molecule has 0 atom stereocenters. The number of nitrogens with one attached hydrogen (secondary N) is 3. The maximum atomic E-state index is 12.8. The van der Waals surface area contributed by atoms with Crippen molar-refractivity contribution in [3.63, 3.8) is 0 Å². The van der Waals surface area contributed by atoms with E-state index in [9.17, 15) is 18.0 Å². The SMILES string of the molecule is Cc1ccc(Cl)cc1Nc1cc(NCCC(F)(F)F)c2ncc(-c3ccc(C(=O)NC4CC4)c(C)c3)n2n1. The van der Waals surface area contributed by atoms with Gasteiger partial charge in [0.2, 0.25) is 0 Å². The second kappa shape index (κ2) is 10.2. The van der Waals surface area contributed by atoms with E-state index in [1.807, 2.05) is 32.0 Å². The minimum absolute atomic E-state index is 0.104. The lowest BCUT2D eigenvalue weighted by atomic mass is 10.0. The summed E-state index contributed by atoms with van der Waals surface area (Å²) in [5.74, 6) is 0.293. The van der Waals surface area contributed by atoms with Gasteiger partial charge in [-0.15, -0.1) is 5.10 Å². The van der Waals surface area contributed by atoms with Gasteiger partial charge in [-0.1, -0.05) is 23.7 Å². The molecule has 1 fully saturated rings. The normalized spacial score (nSPS) is 13.5. The molecule has 4 aromatic rings. The van der Waals surface area contributed by atoms with Gasteiger partial charge < -0.3 is 16.0 Å². The van der Waals surface area contributed by atoms with E-state index in [1.54, 1.807) is 35.0 Å². The average molecular weight is 543 g/mol. The Morgan fingerprint density at radius 3 is 2.58 bits per heavy atom. The van der Waals surface area contributed by atoms with E-state index >= 15 is 0 Å². The minimum Gasteiger partial charge on any atom is -0.382 e. The fourth-order valence-corrected chi connectivity index (χ4v) is 4.30. The van der Waals surface area contributed by atoms with Gasteiger partial charge >= 0.3 is 6.18 Å². The van der Waals surface area contributed by atoms with Gasteiger partial charge in [0.05, 0.1) is 24.0 Å². The van der Waals surface area contributed by atoms with E-state index in [0.29, 0.717) is 39.1 Å². The molecular formula is C27H26ClF3N6O. The van der Waals surface area contributed by atoms with Crippen LogP contribution in [0.2, 0.25) is 5.02 Å². The molecule has 5 rings (SSSR count). The first-order valence-electron chi connectivity index (χ1n) is 12.2. The highest BCUT2D eigenvalue weighted by molar-refractivity contribution is 6.30. The Balaban J connectivity index is 1.53. The van der Waals surface area contributed by atoms with Crippen molar-refractivity contribution in [3.8, 4) is 11.3 Å². The number of carbonyl (C=O) groups excluding carboxylic acids is 1. The third-order valence-corrected chi connectivity index (χ3v) is 6.57. The standard InChI is InChI=1S/C27H26ClF3N6O/c1-15-3-5-18(28)12-21(15)35-24-13-22(32-10-9-27(29,30)31)25-33-14-23(37(25)36-24)17-4-8-20(16(2)11-17)26(38)34-19-6-7-19/h3-5,8,11-14,19,32H,6-7,9-10H2,1-2H3,(H,34,38)(H,35,36). The molecule has 1 saturated carbocycles. The van der Waals surface area contributed by atoms with Crippen molar-refractivity contribution in [2.45, 2.75) is 45.3 Å². The molecule has 198 valence electrons. The summed E-state index contributed by atoms with van der Waals surface area (Å²) >= 11 is 6.17. The van der Waals surface area contributed by atoms with Crippen LogP contribution in [0.3, 0.4) is 0 Å². The van der Waals surface area contributed by atoms with Crippen molar-refractivity contribution in [1.82, 2.24) is 19.9 Å². The lowest BCUT2D eigenvalue weighted by Crippen LogP contribution is -2.26. The van der Waals surface area contributed by atoms with E-state index in [-0.39, 0.29) is 18.5 Å². The number of amides is 1. The number of carbonyl (C=O) groups is 1. The zero-order chi connectivity index (χ0) is 27.0. The van der Waals surface area contributed by atoms with Crippen molar-refractivity contribution in [2.24, 2.45) is 0 Å². The maximum absolute atomic E-state index is 12.8. The van der Waals surface area contributed by atoms with Crippen LogP contribution in [0.1, 0.15) is 40.7 Å². The predicted octanol–water partition coefficient (Wildman–Crippen LogP) is 6.67. The molecule has 1 amide bonds. The number of aromatic nitrogens is 3. The van der Waals surface area contributed by atoms with Crippen molar-refractivity contribution >= 4 is 40.3 Å². The monoisotopic (exact) mass is 542 g/mol. The van der Waals surface area contributed by atoms with E-state index < -0.39 is 12.6 Å². The van der Waals surface area contributed by atoms with Crippen LogP contribution < -0.4 is 16.0 Å². The number of anilines is 3. The first-order valence-corrected chi connectivity index (χ1v) is 12.6. The lowest BCUT2D eigenvalue weighted by Gasteiger charge is -2.14. The van der Waals surface area contributed by atoms with Crippen LogP contribution in [-0.2, 0) is 0 Å². The van der Waals surface area contributed by atoms with Crippen LogP contribution in [-0.4, -0.2) is 39.3 Å². The summed E-state index contributed by atoms with van der Waals surface area (Å²) in [6, 6.07) is 12.7. The highest BCUT2D eigenvalue weighted by Gasteiger charge is 2.27. The molecule has 38 heavy (non-hydrogen) atoms. The largest absolute Gasteiger partial charge is 0.390 e.